The number of nitrogens with zero attached hydrogens (tertiary/aromatic N) is 2. The van der Waals surface area contributed by atoms with Crippen LogP contribution in [0, 0.1) is 13.8 Å². The molecule has 4 heteroatoms. The molecule has 4 nitrogen and oxygen atoms in total. The summed E-state index contributed by atoms with van der Waals surface area (Å²) in [6.07, 6.45) is 0. The Morgan fingerprint density at radius 3 is 2.67 bits per heavy atom. The maximum Gasteiger partial charge on any atom is 0.188 e. The molecule has 0 radical (unpaired) electrons. The number of oxime groups is 1. The minimum Gasteiger partial charge on any atom is -0.409 e. The number of hydrogen-bond donors (Lipinski definition) is 2. The van der Waals surface area contributed by atoms with E-state index in [9.17, 15) is 0 Å². The van der Waals surface area contributed by atoms with Crippen LogP contribution in [0.2, 0.25) is 0 Å². The highest BCUT2D eigenvalue weighted by Gasteiger charge is 2.01. The van der Waals surface area contributed by atoms with E-state index in [1.165, 1.54) is 0 Å². The summed E-state index contributed by atoms with van der Waals surface area (Å²) in [6, 6.07) is 3.60. The minimum atomic E-state index is 0.0399. The van der Waals surface area contributed by atoms with Crippen molar-refractivity contribution in [3.05, 3.63) is 29.1 Å². The standard InChI is InChI=1S/C8H11N3O/c1-5-3-4-7(8(9)11-12)10-6(5)2/h3-4,12H,1-2H3,(H2,9,11). The lowest BCUT2D eigenvalue weighted by Gasteiger charge is -2.01. The molecular weight excluding hydrogens is 154 g/mol. The van der Waals surface area contributed by atoms with E-state index < -0.39 is 0 Å². The molecular formula is C8H11N3O. The molecule has 12 heavy (non-hydrogen) atoms. The molecule has 0 aliphatic rings. The summed E-state index contributed by atoms with van der Waals surface area (Å²) in [6.45, 7) is 3.84. The largest absolute Gasteiger partial charge is 0.409 e. The van der Waals surface area contributed by atoms with Gasteiger partial charge in [-0.15, -0.1) is 0 Å². The summed E-state index contributed by atoms with van der Waals surface area (Å²) in [5, 5.41) is 11.2. The second-order valence-electron chi connectivity index (χ2n) is 2.58. The quantitative estimate of drug-likeness (QED) is 0.280. The predicted octanol–water partition coefficient (Wildman–Crippen LogP) is 0.793. The third kappa shape index (κ3) is 1.53. The lowest BCUT2D eigenvalue weighted by molar-refractivity contribution is 0.318. The highest BCUT2D eigenvalue weighted by atomic mass is 16.4. The first-order valence-corrected chi connectivity index (χ1v) is 3.57. The summed E-state index contributed by atoms with van der Waals surface area (Å²) in [5.41, 5.74) is 7.83. The van der Waals surface area contributed by atoms with Crippen molar-refractivity contribution in [2.75, 3.05) is 0 Å². The van der Waals surface area contributed by atoms with Crippen molar-refractivity contribution < 1.29 is 5.21 Å². The van der Waals surface area contributed by atoms with Gasteiger partial charge in [0.05, 0.1) is 0 Å². The number of aryl methyl sites for hydroxylation is 2. The zero-order valence-corrected chi connectivity index (χ0v) is 7.07. The molecule has 1 rings (SSSR count). The fourth-order valence-electron chi connectivity index (χ4n) is 0.825. The summed E-state index contributed by atoms with van der Waals surface area (Å²) in [5.74, 6) is 0.0399. The van der Waals surface area contributed by atoms with Crippen LogP contribution >= 0.6 is 0 Å². The number of aromatic nitrogens is 1. The van der Waals surface area contributed by atoms with E-state index in [4.69, 9.17) is 10.9 Å². The third-order valence-corrected chi connectivity index (χ3v) is 1.72. The van der Waals surface area contributed by atoms with Crippen molar-refractivity contribution >= 4 is 5.84 Å². The van der Waals surface area contributed by atoms with Gasteiger partial charge in [0.15, 0.2) is 5.84 Å². The number of nitrogens with two attached hydrogens (primary N) is 1. The van der Waals surface area contributed by atoms with Crippen molar-refractivity contribution in [3.63, 3.8) is 0 Å². The predicted molar refractivity (Wildman–Crippen MR) is 46.2 cm³/mol. The monoisotopic (exact) mass is 165 g/mol. The number of hydrogen-bond acceptors (Lipinski definition) is 3. The Hall–Kier alpha value is -1.58. The van der Waals surface area contributed by atoms with E-state index in [1.807, 2.05) is 19.9 Å². The van der Waals surface area contributed by atoms with Gasteiger partial charge in [0.25, 0.3) is 0 Å². The van der Waals surface area contributed by atoms with E-state index in [1.54, 1.807) is 6.07 Å². The fraction of sp³-hybridized carbons (Fsp3) is 0.250. The highest BCUT2D eigenvalue weighted by Crippen LogP contribution is 2.04. The fourth-order valence-corrected chi connectivity index (χ4v) is 0.825. The maximum absolute atomic E-state index is 8.37. The Morgan fingerprint density at radius 2 is 2.17 bits per heavy atom. The van der Waals surface area contributed by atoms with Crippen LogP contribution in [0.3, 0.4) is 0 Å². The van der Waals surface area contributed by atoms with Gasteiger partial charge in [0.2, 0.25) is 0 Å². The molecule has 0 saturated carbocycles. The first-order chi connectivity index (χ1) is 5.65. The maximum atomic E-state index is 8.37. The molecule has 0 spiro atoms. The summed E-state index contributed by atoms with van der Waals surface area (Å²) < 4.78 is 0. The minimum absolute atomic E-state index is 0.0399. The third-order valence-electron chi connectivity index (χ3n) is 1.72. The van der Waals surface area contributed by atoms with Gasteiger partial charge in [0.1, 0.15) is 5.69 Å². The Bertz CT molecular complexity index is 320. The highest BCUT2D eigenvalue weighted by molar-refractivity contribution is 5.95. The molecule has 0 atom stereocenters. The second kappa shape index (κ2) is 3.21. The zero-order chi connectivity index (χ0) is 9.14. The lowest BCUT2D eigenvalue weighted by Crippen LogP contribution is -2.15. The average Bonchev–Trinajstić information content (AvgIpc) is 2.08. The molecule has 1 aromatic rings. The normalized spacial score (nSPS) is 11.7. The van der Waals surface area contributed by atoms with Crippen molar-refractivity contribution in [2.45, 2.75) is 13.8 Å². The molecule has 3 N–H and O–H groups in total. The van der Waals surface area contributed by atoms with E-state index in [-0.39, 0.29) is 5.84 Å². The van der Waals surface area contributed by atoms with Crippen LogP contribution in [0.15, 0.2) is 17.3 Å². The van der Waals surface area contributed by atoms with Crippen LogP contribution in [-0.4, -0.2) is 16.0 Å². The van der Waals surface area contributed by atoms with Gasteiger partial charge in [-0.05, 0) is 25.5 Å². The van der Waals surface area contributed by atoms with Crippen molar-refractivity contribution in [3.8, 4) is 0 Å². The van der Waals surface area contributed by atoms with Gasteiger partial charge in [-0.2, -0.15) is 0 Å². The van der Waals surface area contributed by atoms with Crippen molar-refractivity contribution in [1.82, 2.24) is 4.98 Å². The van der Waals surface area contributed by atoms with Crippen LogP contribution in [0.5, 0.6) is 0 Å². The molecule has 0 fully saturated rings. The van der Waals surface area contributed by atoms with E-state index >= 15 is 0 Å². The Kier molecular flexibility index (Phi) is 2.28. The molecule has 64 valence electrons. The van der Waals surface area contributed by atoms with Gasteiger partial charge in [-0.1, -0.05) is 11.2 Å². The number of pyridine rings is 1. The SMILES string of the molecule is Cc1ccc(C(N)=NO)nc1C. The first-order valence-electron chi connectivity index (χ1n) is 3.57. The molecule has 0 unspecified atom stereocenters. The van der Waals surface area contributed by atoms with Crippen molar-refractivity contribution in [1.29, 1.82) is 0 Å². The molecule has 0 aliphatic heterocycles. The average molecular weight is 165 g/mol. The van der Waals surface area contributed by atoms with Gasteiger partial charge < -0.3 is 10.9 Å². The molecule has 1 aromatic heterocycles. The topological polar surface area (TPSA) is 71.5 Å². The van der Waals surface area contributed by atoms with Crippen LogP contribution in [0.25, 0.3) is 0 Å². The molecule has 0 bridgehead atoms. The first kappa shape index (κ1) is 8.52. The van der Waals surface area contributed by atoms with E-state index in [2.05, 4.69) is 10.1 Å². The lowest BCUT2D eigenvalue weighted by atomic mass is 10.2. The summed E-state index contributed by atoms with van der Waals surface area (Å²) >= 11 is 0. The van der Waals surface area contributed by atoms with Crippen LogP contribution in [0.4, 0.5) is 0 Å². The van der Waals surface area contributed by atoms with Gasteiger partial charge >= 0.3 is 0 Å². The van der Waals surface area contributed by atoms with E-state index in [0.29, 0.717) is 5.69 Å². The molecule has 1 heterocycles. The molecule has 0 aliphatic carbocycles. The Morgan fingerprint density at radius 1 is 1.50 bits per heavy atom. The van der Waals surface area contributed by atoms with Gasteiger partial charge in [-0.25, -0.2) is 4.98 Å². The van der Waals surface area contributed by atoms with Crippen LogP contribution in [0.1, 0.15) is 17.0 Å². The summed E-state index contributed by atoms with van der Waals surface area (Å²) in [4.78, 5) is 4.13. The second-order valence-corrected chi connectivity index (χ2v) is 2.58. The Labute approximate surface area is 70.7 Å². The number of rotatable bonds is 1. The van der Waals surface area contributed by atoms with Gasteiger partial charge in [-0.3, -0.25) is 0 Å². The van der Waals surface area contributed by atoms with Gasteiger partial charge in [0, 0.05) is 5.69 Å². The molecule has 0 saturated heterocycles. The smallest absolute Gasteiger partial charge is 0.188 e. The number of amidine groups is 1. The van der Waals surface area contributed by atoms with E-state index in [0.717, 1.165) is 11.3 Å². The van der Waals surface area contributed by atoms with Crippen molar-refractivity contribution in [2.24, 2.45) is 10.9 Å². The molecule has 0 aromatic carbocycles. The molecule has 0 amide bonds. The zero-order valence-electron chi connectivity index (χ0n) is 7.07. The Balaban J connectivity index is 3.13. The van der Waals surface area contributed by atoms with Crippen LogP contribution in [-0.2, 0) is 0 Å². The summed E-state index contributed by atoms with van der Waals surface area (Å²) in [7, 11) is 0. The van der Waals surface area contributed by atoms with Crippen LogP contribution < -0.4 is 5.73 Å².